The molecule has 0 atom stereocenters. The molecule has 25 heavy (non-hydrogen) atoms. The Hall–Kier alpha value is -2.41. The van der Waals surface area contributed by atoms with Crippen LogP contribution in [-0.4, -0.2) is 34.1 Å². The van der Waals surface area contributed by atoms with Crippen LogP contribution in [0.5, 0.6) is 0 Å². The Labute approximate surface area is 152 Å². The third kappa shape index (κ3) is 4.36. The van der Waals surface area contributed by atoms with E-state index in [0.717, 1.165) is 48.2 Å². The van der Waals surface area contributed by atoms with Crippen LogP contribution in [0.1, 0.15) is 22.0 Å². The summed E-state index contributed by atoms with van der Waals surface area (Å²) in [7, 11) is 1.80. The molecule has 0 aliphatic heterocycles. The molecule has 2 aromatic heterocycles. The third-order valence-corrected chi connectivity index (χ3v) is 5.11. The molecule has 0 bridgehead atoms. The summed E-state index contributed by atoms with van der Waals surface area (Å²) >= 11 is 1.73. The first-order valence-corrected chi connectivity index (χ1v) is 9.26. The maximum Gasteiger partial charge on any atom is 0.191 e. The van der Waals surface area contributed by atoms with Crippen molar-refractivity contribution in [1.29, 1.82) is 0 Å². The number of para-hydroxylation sites is 2. The van der Waals surface area contributed by atoms with Gasteiger partial charge in [0.05, 0.1) is 34.6 Å². The molecule has 0 unspecified atom stereocenters. The van der Waals surface area contributed by atoms with Gasteiger partial charge in [-0.1, -0.05) is 12.1 Å². The van der Waals surface area contributed by atoms with Crippen molar-refractivity contribution >= 4 is 28.3 Å². The molecule has 2 heterocycles. The number of benzene rings is 1. The van der Waals surface area contributed by atoms with E-state index in [1.165, 1.54) is 10.4 Å². The van der Waals surface area contributed by atoms with Crippen LogP contribution in [0.2, 0.25) is 0 Å². The largest absolute Gasteiger partial charge is 0.356 e. The summed E-state index contributed by atoms with van der Waals surface area (Å²) < 4.78 is 2.19. The van der Waals surface area contributed by atoms with Crippen LogP contribution < -0.4 is 10.6 Å². The number of aliphatic imine (C=N–C) groups is 1. The minimum absolute atomic E-state index is 0.753. The lowest BCUT2D eigenvalue weighted by Crippen LogP contribution is -2.37. The molecule has 1 aromatic carbocycles. The van der Waals surface area contributed by atoms with Gasteiger partial charge in [0, 0.05) is 25.0 Å². The van der Waals surface area contributed by atoms with Crippen LogP contribution in [0, 0.1) is 13.8 Å². The standard InChI is InChI=1S/C18H24N6S/c1-13-17(25-14(2)23-13)11-21-18(19-3)20-9-6-10-24-12-22-15-7-4-5-8-16(15)24/h4-5,7-8,12H,6,9-11H2,1-3H3,(H2,19,20,21). The zero-order valence-corrected chi connectivity index (χ0v) is 15.7. The number of rotatable bonds is 6. The van der Waals surface area contributed by atoms with Gasteiger partial charge in [-0.2, -0.15) is 0 Å². The van der Waals surface area contributed by atoms with Gasteiger partial charge >= 0.3 is 0 Å². The van der Waals surface area contributed by atoms with E-state index >= 15 is 0 Å². The average Bonchev–Trinajstić information content (AvgIpc) is 3.17. The molecule has 0 amide bonds. The van der Waals surface area contributed by atoms with Crippen molar-refractivity contribution in [2.45, 2.75) is 33.4 Å². The SMILES string of the molecule is CN=C(NCCCn1cnc2ccccc21)NCc1sc(C)nc1C. The first-order valence-electron chi connectivity index (χ1n) is 8.44. The molecule has 6 nitrogen and oxygen atoms in total. The quantitative estimate of drug-likeness (QED) is 0.405. The molecular formula is C18H24N6S. The number of aromatic nitrogens is 3. The molecule has 3 rings (SSSR count). The van der Waals surface area contributed by atoms with Gasteiger partial charge in [0.2, 0.25) is 0 Å². The number of aryl methyl sites for hydroxylation is 3. The van der Waals surface area contributed by atoms with Gasteiger partial charge < -0.3 is 15.2 Å². The van der Waals surface area contributed by atoms with E-state index in [2.05, 4.69) is 36.2 Å². The van der Waals surface area contributed by atoms with Crippen molar-refractivity contribution in [3.05, 3.63) is 46.2 Å². The number of thiazole rings is 1. The molecule has 7 heteroatoms. The normalized spacial score (nSPS) is 11.9. The van der Waals surface area contributed by atoms with Crippen molar-refractivity contribution in [3.63, 3.8) is 0 Å². The minimum atomic E-state index is 0.753. The second-order valence-electron chi connectivity index (χ2n) is 5.87. The lowest BCUT2D eigenvalue weighted by Gasteiger charge is -2.11. The fourth-order valence-electron chi connectivity index (χ4n) is 2.77. The highest BCUT2D eigenvalue weighted by Crippen LogP contribution is 2.16. The predicted molar refractivity (Wildman–Crippen MR) is 104 cm³/mol. The number of imidazole rings is 1. The maximum atomic E-state index is 4.45. The lowest BCUT2D eigenvalue weighted by molar-refractivity contribution is 0.637. The molecule has 0 saturated heterocycles. The van der Waals surface area contributed by atoms with E-state index in [1.807, 2.05) is 38.4 Å². The summed E-state index contributed by atoms with van der Waals surface area (Å²) in [5.41, 5.74) is 3.32. The lowest BCUT2D eigenvalue weighted by atomic mass is 10.3. The molecule has 0 saturated carbocycles. The first-order chi connectivity index (χ1) is 12.2. The molecule has 0 aliphatic carbocycles. The van der Waals surface area contributed by atoms with Crippen LogP contribution >= 0.6 is 11.3 Å². The number of nitrogens with zero attached hydrogens (tertiary/aromatic N) is 4. The summed E-state index contributed by atoms with van der Waals surface area (Å²) in [5, 5.41) is 7.82. The van der Waals surface area contributed by atoms with Crippen molar-refractivity contribution in [2.75, 3.05) is 13.6 Å². The fourth-order valence-corrected chi connectivity index (χ4v) is 3.64. The van der Waals surface area contributed by atoms with E-state index < -0.39 is 0 Å². The van der Waals surface area contributed by atoms with Crippen LogP contribution in [0.4, 0.5) is 0 Å². The van der Waals surface area contributed by atoms with Crippen molar-refractivity contribution in [3.8, 4) is 0 Å². The average molecular weight is 356 g/mol. The summed E-state index contributed by atoms with van der Waals surface area (Å²) in [6, 6.07) is 8.21. The zero-order valence-electron chi connectivity index (χ0n) is 14.9. The Morgan fingerprint density at radius 3 is 2.84 bits per heavy atom. The molecule has 0 radical (unpaired) electrons. The van der Waals surface area contributed by atoms with Crippen molar-refractivity contribution in [1.82, 2.24) is 25.2 Å². The third-order valence-electron chi connectivity index (χ3n) is 4.04. The second kappa shape index (κ2) is 8.11. The fraction of sp³-hybridized carbons (Fsp3) is 0.389. The number of nitrogens with one attached hydrogen (secondary N) is 2. The molecule has 0 aliphatic rings. The Bertz CT molecular complexity index is 863. The summed E-state index contributed by atoms with van der Waals surface area (Å²) in [6.07, 6.45) is 2.91. The van der Waals surface area contributed by atoms with Gasteiger partial charge in [0.1, 0.15) is 0 Å². The van der Waals surface area contributed by atoms with Crippen LogP contribution in [0.15, 0.2) is 35.6 Å². The Morgan fingerprint density at radius 2 is 2.08 bits per heavy atom. The van der Waals surface area contributed by atoms with E-state index in [0.29, 0.717) is 0 Å². The zero-order chi connectivity index (χ0) is 17.6. The topological polar surface area (TPSA) is 67.1 Å². The maximum absolute atomic E-state index is 4.45. The molecule has 2 N–H and O–H groups in total. The second-order valence-corrected chi connectivity index (χ2v) is 7.16. The molecular weight excluding hydrogens is 332 g/mol. The monoisotopic (exact) mass is 356 g/mol. The van der Waals surface area contributed by atoms with Crippen LogP contribution in [0.25, 0.3) is 11.0 Å². The molecule has 0 fully saturated rings. The van der Waals surface area contributed by atoms with Crippen LogP contribution in [-0.2, 0) is 13.1 Å². The highest BCUT2D eigenvalue weighted by molar-refractivity contribution is 7.11. The Morgan fingerprint density at radius 1 is 1.24 bits per heavy atom. The van der Waals surface area contributed by atoms with Crippen LogP contribution in [0.3, 0.4) is 0 Å². The Kier molecular flexibility index (Phi) is 5.65. The van der Waals surface area contributed by atoms with Gasteiger partial charge in [-0.3, -0.25) is 4.99 Å². The molecule has 0 spiro atoms. The number of hydrogen-bond donors (Lipinski definition) is 2. The highest BCUT2D eigenvalue weighted by Gasteiger charge is 2.06. The summed E-state index contributed by atoms with van der Waals surface area (Å²) in [4.78, 5) is 14.4. The number of fused-ring (bicyclic) bond motifs is 1. The van der Waals surface area contributed by atoms with Crippen molar-refractivity contribution in [2.24, 2.45) is 4.99 Å². The molecule has 3 aromatic rings. The van der Waals surface area contributed by atoms with Gasteiger partial charge in [0.25, 0.3) is 0 Å². The molecule has 132 valence electrons. The number of guanidine groups is 1. The van der Waals surface area contributed by atoms with Gasteiger partial charge in [0.15, 0.2) is 5.96 Å². The minimum Gasteiger partial charge on any atom is -0.356 e. The van der Waals surface area contributed by atoms with Gasteiger partial charge in [-0.05, 0) is 32.4 Å². The van der Waals surface area contributed by atoms with E-state index in [-0.39, 0.29) is 0 Å². The number of hydrogen-bond acceptors (Lipinski definition) is 4. The van der Waals surface area contributed by atoms with E-state index in [9.17, 15) is 0 Å². The van der Waals surface area contributed by atoms with Crippen molar-refractivity contribution < 1.29 is 0 Å². The predicted octanol–water partition coefficient (Wildman–Crippen LogP) is 2.86. The summed E-state index contributed by atoms with van der Waals surface area (Å²) in [6.45, 7) is 6.62. The first kappa shape index (κ1) is 17.4. The van der Waals surface area contributed by atoms with Gasteiger partial charge in [-0.15, -0.1) is 11.3 Å². The Balaban J connectivity index is 1.45. The highest BCUT2D eigenvalue weighted by atomic mass is 32.1. The van der Waals surface area contributed by atoms with E-state index in [4.69, 9.17) is 0 Å². The van der Waals surface area contributed by atoms with Gasteiger partial charge in [-0.25, -0.2) is 9.97 Å². The summed E-state index contributed by atoms with van der Waals surface area (Å²) in [5.74, 6) is 0.820. The van der Waals surface area contributed by atoms with E-state index in [1.54, 1.807) is 18.4 Å². The smallest absolute Gasteiger partial charge is 0.191 e.